The van der Waals surface area contributed by atoms with E-state index in [1.165, 1.54) is 27.8 Å². The van der Waals surface area contributed by atoms with E-state index in [-0.39, 0.29) is 6.10 Å². The molecular weight excluding hydrogens is 342 g/mol. The maximum absolute atomic E-state index is 10.2. The molecule has 0 aromatic heterocycles. The molecular formula is C26H33NO. The van der Waals surface area contributed by atoms with Crippen LogP contribution < -0.4 is 5.73 Å². The Kier molecular flexibility index (Phi) is 6.74. The summed E-state index contributed by atoms with van der Waals surface area (Å²) in [4.78, 5) is 0. The Morgan fingerprint density at radius 3 is 2.18 bits per heavy atom. The van der Waals surface area contributed by atoms with Crippen LogP contribution in [0.25, 0.3) is 11.1 Å². The lowest BCUT2D eigenvalue weighted by Gasteiger charge is -2.31. The van der Waals surface area contributed by atoms with Crippen molar-refractivity contribution in [1.82, 2.24) is 0 Å². The van der Waals surface area contributed by atoms with E-state index in [1.54, 1.807) is 0 Å². The van der Waals surface area contributed by atoms with E-state index in [9.17, 15) is 5.11 Å². The number of hydrogen-bond donors (Lipinski definition) is 2. The predicted molar refractivity (Wildman–Crippen MR) is 120 cm³/mol. The molecule has 28 heavy (non-hydrogen) atoms. The zero-order chi connectivity index (χ0) is 20.1. The number of hydrogen-bond acceptors (Lipinski definition) is 2. The minimum absolute atomic E-state index is 0.201. The lowest BCUT2D eigenvalue weighted by atomic mass is 9.76. The second kappa shape index (κ2) is 9.25. The highest BCUT2D eigenvalue weighted by Crippen LogP contribution is 2.39. The van der Waals surface area contributed by atoms with Crippen molar-refractivity contribution >= 4 is 5.69 Å². The Balaban J connectivity index is 0.00000109. The monoisotopic (exact) mass is 375 g/mol. The van der Waals surface area contributed by atoms with Gasteiger partial charge in [0, 0.05) is 5.69 Å². The molecule has 3 aliphatic carbocycles. The lowest BCUT2D eigenvalue weighted by Crippen LogP contribution is -2.24. The molecule has 3 aliphatic rings. The van der Waals surface area contributed by atoms with Gasteiger partial charge in [-0.2, -0.15) is 0 Å². The largest absolute Gasteiger partial charge is 0.398 e. The molecule has 0 amide bonds. The number of rotatable bonds is 3. The van der Waals surface area contributed by atoms with Crippen LogP contribution in [0.3, 0.4) is 0 Å². The summed E-state index contributed by atoms with van der Waals surface area (Å²) < 4.78 is 0. The van der Waals surface area contributed by atoms with Gasteiger partial charge in [0.05, 0.1) is 6.10 Å². The van der Waals surface area contributed by atoms with E-state index < -0.39 is 0 Å². The van der Waals surface area contributed by atoms with Gasteiger partial charge < -0.3 is 10.8 Å². The Morgan fingerprint density at radius 1 is 0.857 bits per heavy atom. The number of aliphatic hydroxyl groups excluding tert-OH is 1. The average molecular weight is 376 g/mol. The average Bonchev–Trinajstić information content (AvgIpc) is 2.92. The molecule has 3 N–H and O–H groups in total. The fourth-order valence-corrected chi connectivity index (χ4v) is 4.53. The maximum atomic E-state index is 10.2. The number of anilines is 1. The maximum Gasteiger partial charge on any atom is 0.0548 e. The molecule has 1 aromatic carbocycles. The molecule has 4 rings (SSSR count). The van der Waals surface area contributed by atoms with Crippen LogP contribution in [-0.4, -0.2) is 11.2 Å². The quantitative estimate of drug-likeness (QED) is 0.531. The van der Waals surface area contributed by atoms with E-state index in [2.05, 4.69) is 61.5 Å². The van der Waals surface area contributed by atoms with Crippen LogP contribution in [0.15, 0.2) is 60.7 Å². The van der Waals surface area contributed by atoms with Crippen molar-refractivity contribution in [2.75, 3.05) is 5.73 Å². The summed E-state index contributed by atoms with van der Waals surface area (Å²) in [5.41, 5.74) is 13.6. The van der Waals surface area contributed by atoms with Gasteiger partial charge in [0.15, 0.2) is 0 Å². The highest BCUT2D eigenvalue weighted by Gasteiger charge is 2.27. The lowest BCUT2D eigenvalue weighted by molar-refractivity contribution is 0.0947. The number of fused-ring (bicyclic) bond motifs is 1. The second-order valence-corrected chi connectivity index (χ2v) is 7.99. The van der Waals surface area contributed by atoms with Crippen molar-refractivity contribution in [3.8, 4) is 11.1 Å². The topological polar surface area (TPSA) is 46.2 Å². The number of benzene rings is 1. The first-order valence-corrected chi connectivity index (χ1v) is 10.6. The molecule has 2 nitrogen and oxygen atoms in total. The summed E-state index contributed by atoms with van der Waals surface area (Å²) in [6, 6.07) is 21.6. The smallest absolute Gasteiger partial charge is 0.0548 e. The molecule has 1 aromatic rings. The first-order chi connectivity index (χ1) is 13.6. The number of nitrogens with two attached hydrogens (primary N) is 1. The summed E-state index contributed by atoms with van der Waals surface area (Å²) >= 11 is 0. The van der Waals surface area contributed by atoms with Crippen LogP contribution in [0.1, 0.15) is 62.6 Å². The van der Waals surface area contributed by atoms with Crippen molar-refractivity contribution in [3.63, 3.8) is 0 Å². The molecule has 1 saturated carbocycles. The zero-order valence-electron chi connectivity index (χ0n) is 17.4. The summed E-state index contributed by atoms with van der Waals surface area (Å²) in [5.74, 6) is 0.916. The Hall–Kier alpha value is -2.32. The predicted octanol–water partition coefficient (Wildman–Crippen LogP) is 6.26. The van der Waals surface area contributed by atoms with Crippen molar-refractivity contribution in [2.45, 2.75) is 58.5 Å². The minimum atomic E-state index is -0.201. The molecule has 0 heterocycles. The highest BCUT2D eigenvalue weighted by atomic mass is 16.3. The third kappa shape index (κ3) is 4.74. The van der Waals surface area contributed by atoms with Crippen LogP contribution in [0.2, 0.25) is 0 Å². The van der Waals surface area contributed by atoms with E-state index in [1.807, 2.05) is 19.9 Å². The van der Waals surface area contributed by atoms with Gasteiger partial charge in [-0.1, -0.05) is 75.4 Å². The summed E-state index contributed by atoms with van der Waals surface area (Å²) in [6.45, 7) is 6.23. The molecule has 0 radical (unpaired) electrons. The fraction of sp³-hybridized carbons (Fsp3) is 0.385. The molecule has 2 heteroatoms. The van der Waals surface area contributed by atoms with E-state index >= 15 is 0 Å². The fourth-order valence-electron chi connectivity index (χ4n) is 4.53. The van der Waals surface area contributed by atoms with Gasteiger partial charge >= 0.3 is 0 Å². The van der Waals surface area contributed by atoms with Crippen molar-refractivity contribution in [3.05, 3.63) is 77.4 Å². The zero-order valence-corrected chi connectivity index (χ0v) is 17.4. The van der Waals surface area contributed by atoms with Gasteiger partial charge in [-0.15, -0.1) is 0 Å². The third-order valence-electron chi connectivity index (χ3n) is 5.71. The van der Waals surface area contributed by atoms with Gasteiger partial charge in [0.1, 0.15) is 0 Å². The van der Waals surface area contributed by atoms with Crippen molar-refractivity contribution in [2.24, 2.45) is 5.92 Å². The van der Waals surface area contributed by atoms with Gasteiger partial charge in [-0.25, -0.2) is 0 Å². The van der Waals surface area contributed by atoms with Crippen LogP contribution in [-0.2, 0) is 6.42 Å². The first-order valence-electron chi connectivity index (χ1n) is 10.6. The van der Waals surface area contributed by atoms with Gasteiger partial charge in [0.2, 0.25) is 0 Å². The Labute approximate surface area is 169 Å². The first kappa shape index (κ1) is 20.4. The van der Waals surface area contributed by atoms with Crippen LogP contribution >= 0.6 is 0 Å². The summed E-state index contributed by atoms with van der Waals surface area (Å²) in [5, 5.41) is 10.2. The van der Waals surface area contributed by atoms with Gasteiger partial charge in [0.25, 0.3) is 0 Å². The second-order valence-electron chi connectivity index (χ2n) is 7.99. The summed E-state index contributed by atoms with van der Waals surface area (Å²) in [6.07, 6.45) is 3.56. The molecule has 3 unspecified atom stereocenters. The molecule has 0 aliphatic heterocycles. The standard InChI is InChI=1S/C24H27NO.C2H6/c1-16-9-21(15-22(26)10-16)23-14-17(7-8-24(23)25)11-18-12-19-5-3-2-4-6-20(19)13-18;1-2/h2-8,12-14,16,21-22,26H,9-11,15,25H2,1H3;1-2H3. The van der Waals surface area contributed by atoms with Crippen LogP contribution in [0, 0.1) is 5.92 Å². The van der Waals surface area contributed by atoms with Gasteiger partial charge in [-0.3, -0.25) is 0 Å². The normalized spacial score (nSPS) is 21.8. The molecule has 0 saturated heterocycles. The molecule has 3 atom stereocenters. The van der Waals surface area contributed by atoms with Crippen molar-refractivity contribution in [1.29, 1.82) is 0 Å². The molecule has 148 valence electrons. The minimum Gasteiger partial charge on any atom is -0.398 e. The van der Waals surface area contributed by atoms with Crippen LogP contribution in [0.4, 0.5) is 5.69 Å². The Bertz CT molecular complexity index is 831. The van der Waals surface area contributed by atoms with E-state index in [0.717, 1.165) is 31.4 Å². The molecule has 0 bridgehead atoms. The van der Waals surface area contributed by atoms with Gasteiger partial charge in [-0.05, 0) is 71.4 Å². The van der Waals surface area contributed by atoms with Crippen LogP contribution in [0.5, 0.6) is 0 Å². The third-order valence-corrected chi connectivity index (χ3v) is 5.71. The van der Waals surface area contributed by atoms with E-state index in [4.69, 9.17) is 5.73 Å². The number of aliphatic hydroxyl groups is 1. The molecule has 1 fully saturated rings. The highest BCUT2D eigenvalue weighted by molar-refractivity contribution is 5.68. The SMILES string of the molecule is CC.CC1CC(O)CC(c2cc(Cc3cc4cccccc-4c3)ccc2N)C1. The van der Waals surface area contributed by atoms with Crippen molar-refractivity contribution < 1.29 is 5.11 Å². The van der Waals surface area contributed by atoms with E-state index in [0.29, 0.717) is 11.8 Å². The molecule has 0 spiro atoms. The summed E-state index contributed by atoms with van der Waals surface area (Å²) in [7, 11) is 0. The Morgan fingerprint density at radius 2 is 1.54 bits per heavy atom. The number of nitrogen functional groups attached to an aromatic ring is 1.